The van der Waals surface area contributed by atoms with Crippen LogP contribution in [0.15, 0.2) is 35.6 Å². The van der Waals surface area contributed by atoms with Crippen LogP contribution in [0.3, 0.4) is 0 Å². The summed E-state index contributed by atoms with van der Waals surface area (Å²) in [5.41, 5.74) is -0.629. The zero-order valence-electron chi connectivity index (χ0n) is 16.0. The largest absolute Gasteiger partial charge is 0.416 e. The molecule has 0 bridgehead atoms. The maximum atomic E-state index is 12.5. The maximum Gasteiger partial charge on any atom is 0.416 e. The number of nitrogens with one attached hydrogen (secondary N) is 3. The Morgan fingerprint density at radius 3 is 2.34 bits per heavy atom. The zero-order chi connectivity index (χ0) is 20.6. The summed E-state index contributed by atoms with van der Waals surface area (Å²) in [7, 11) is 1.77. The smallest absolute Gasteiger partial charge is 0.357 e. The van der Waals surface area contributed by atoms with Gasteiger partial charge in [-0.1, -0.05) is 0 Å². The number of rotatable bonds is 7. The van der Waals surface area contributed by atoms with Crippen LogP contribution in [0.5, 0.6) is 0 Å². The minimum absolute atomic E-state index is 0. The minimum Gasteiger partial charge on any atom is -0.357 e. The third-order valence-electron chi connectivity index (χ3n) is 3.71. The van der Waals surface area contributed by atoms with E-state index in [9.17, 15) is 18.0 Å². The van der Waals surface area contributed by atoms with Crippen LogP contribution in [-0.4, -0.2) is 46.3 Å². The van der Waals surface area contributed by atoms with E-state index in [0.29, 0.717) is 31.4 Å². The molecule has 1 aromatic heterocycles. The summed E-state index contributed by atoms with van der Waals surface area (Å²) in [5.74, 6) is 0.804. The summed E-state index contributed by atoms with van der Waals surface area (Å²) >= 11 is 0. The highest BCUT2D eigenvalue weighted by atomic mass is 127. The number of aliphatic imine (C=N–C) groups is 1. The van der Waals surface area contributed by atoms with Gasteiger partial charge in [-0.05, 0) is 31.2 Å². The average molecular weight is 525 g/mol. The Kier molecular flexibility index (Phi) is 9.85. The summed E-state index contributed by atoms with van der Waals surface area (Å²) in [5, 5.41) is 12.7. The van der Waals surface area contributed by atoms with Gasteiger partial charge < -0.3 is 16.0 Å². The first kappa shape index (κ1) is 24.7. The third kappa shape index (κ3) is 7.87. The Bertz CT molecular complexity index is 806. The normalized spacial score (nSPS) is 11.6. The van der Waals surface area contributed by atoms with Crippen LogP contribution in [0.4, 0.5) is 13.2 Å². The Balaban J connectivity index is 0.00000420. The van der Waals surface area contributed by atoms with Crippen molar-refractivity contribution in [3.05, 3.63) is 47.5 Å². The molecule has 160 valence electrons. The number of guanidine groups is 1. The van der Waals surface area contributed by atoms with Crippen LogP contribution >= 0.6 is 24.0 Å². The molecule has 0 fully saturated rings. The molecule has 0 spiro atoms. The highest BCUT2D eigenvalue weighted by molar-refractivity contribution is 14.0. The van der Waals surface area contributed by atoms with Crippen molar-refractivity contribution < 1.29 is 18.0 Å². The molecule has 12 heteroatoms. The van der Waals surface area contributed by atoms with Crippen LogP contribution in [0.25, 0.3) is 0 Å². The number of aromatic nitrogens is 3. The van der Waals surface area contributed by atoms with E-state index in [0.717, 1.165) is 24.3 Å². The van der Waals surface area contributed by atoms with E-state index in [-0.39, 0.29) is 36.1 Å². The summed E-state index contributed by atoms with van der Waals surface area (Å²) in [6.07, 6.45) is -2.98. The second-order valence-electron chi connectivity index (χ2n) is 5.75. The lowest BCUT2D eigenvalue weighted by atomic mass is 10.1. The molecule has 0 saturated carbocycles. The van der Waals surface area contributed by atoms with Crippen molar-refractivity contribution in [1.82, 2.24) is 30.7 Å². The van der Waals surface area contributed by atoms with Gasteiger partial charge >= 0.3 is 6.18 Å². The van der Waals surface area contributed by atoms with Gasteiger partial charge in [-0.3, -0.25) is 9.48 Å². The number of amides is 1. The van der Waals surface area contributed by atoms with Gasteiger partial charge in [-0.25, -0.2) is 9.98 Å². The lowest BCUT2D eigenvalue weighted by molar-refractivity contribution is -0.137. The molecule has 0 atom stereocenters. The number of hydrogen-bond donors (Lipinski definition) is 3. The second kappa shape index (κ2) is 11.6. The van der Waals surface area contributed by atoms with Gasteiger partial charge in [0, 0.05) is 32.2 Å². The molecule has 29 heavy (non-hydrogen) atoms. The number of benzene rings is 1. The number of carbonyl (C=O) groups excluding carboxylic acids is 1. The second-order valence-corrected chi connectivity index (χ2v) is 5.75. The Morgan fingerprint density at radius 2 is 1.79 bits per heavy atom. The number of nitrogens with zero attached hydrogens (tertiary/aromatic N) is 4. The predicted octanol–water partition coefficient (Wildman–Crippen LogP) is 1.94. The van der Waals surface area contributed by atoms with E-state index in [4.69, 9.17) is 0 Å². The van der Waals surface area contributed by atoms with Crippen molar-refractivity contribution in [1.29, 1.82) is 0 Å². The molecule has 0 unspecified atom stereocenters. The SMILES string of the molecule is CCNC(=NCc1ncnn1C)NCCNC(=O)c1ccc(C(F)(F)F)cc1.I. The highest BCUT2D eigenvalue weighted by Crippen LogP contribution is 2.28. The maximum absolute atomic E-state index is 12.5. The summed E-state index contributed by atoms with van der Waals surface area (Å²) in [4.78, 5) is 20.5. The topological polar surface area (TPSA) is 96.2 Å². The van der Waals surface area contributed by atoms with E-state index in [2.05, 4.69) is 31.0 Å². The number of halogens is 4. The number of hydrogen-bond acceptors (Lipinski definition) is 4. The molecule has 0 aliphatic heterocycles. The molecule has 0 saturated heterocycles. The lowest BCUT2D eigenvalue weighted by Gasteiger charge is -2.12. The van der Waals surface area contributed by atoms with Crippen LogP contribution in [-0.2, 0) is 19.8 Å². The summed E-state index contributed by atoms with van der Waals surface area (Å²) in [6, 6.07) is 4.07. The molecule has 1 heterocycles. The van der Waals surface area contributed by atoms with Gasteiger partial charge in [0.05, 0.1) is 5.56 Å². The van der Waals surface area contributed by atoms with Crippen LogP contribution in [0, 0.1) is 0 Å². The van der Waals surface area contributed by atoms with Gasteiger partial charge in [-0.15, -0.1) is 24.0 Å². The monoisotopic (exact) mass is 525 g/mol. The molecule has 8 nitrogen and oxygen atoms in total. The van der Waals surface area contributed by atoms with Crippen molar-refractivity contribution in [2.24, 2.45) is 12.0 Å². The minimum atomic E-state index is -4.42. The number of aryl methyl sites for hydroxylation is 1. The van der Waals surface area contributed by atoms with Gasteiger partial charge in [-0.2, -0.15) is 18.3 Å². The zero-order valence-corrected chi connectivity index (χ0v) is 18.3. The molecular formula is C17H23F3IN7O. The lowest BCUT2D eigenvalue weighted by Crippen LogP contribution is -2.41. The predicted molar refractivity (Wildman–Crippen MR) is 113 cm³/mol. The summed E-state index contributed by atoms with van der Waals surface area (Å²) in [6.45, 7) is 3.57. The van der Waals surface area contributed by atoms with E-state index >= 15 is 0 Å². The van der Waals surface area contributed by atoms with Crippen LogP contribution in [0.2, 0.25) is 0 Å². The van der Waals surface area contributed by atoms with Gasteiger partial charge in [0.1, 0.15) is 18.7 Å². The fraction of sp³-hybridized carbons (Fsp3) is 0.412. The van der Waals surface area contributed by atoms with Gasteiger partial charge in [0.25, 0.3) is 5.91 Å². The van der Waals surface area contributed by atoms with Crippen molar-refractivity contribution in [2.45, 2.75) is 19.6 Å². The van der Waals surface area contributed by atoms with E-state index in [1.165, 1.54) is 6.33 Å². The Labute approximate surface area is 183 Å². The highest BCUT2D eigenvalue weighted by Gasteiger charge is 2.30. The Hall–Kier alpha value is -2.38. The first-order valence-electron chi connectivity index (χ1n) is 8.61. The van der Waals surface area contributed by atoms with Gasteiger partial charge in [0.15, 0.2) is 5.96 Å². The fourth-order valence-corrected chi connectivity index (χ4v) is 2.22. The molecule has 2 rings (SSSR count). The number of carbonyl (C=O) groups is 1. The van der Waals surface area contributed by atoms with Crippen molar-refractivity contribution in [3.63, 3.8) is 0 Å². The van der Waals surface area contributed by atoms with Crippen molar-refractivity contribution >= 4 is 35.8 Å². The van der Waals surface area contributed by atoms with Gasteiger partial charge in [0.2, 0.25) is 0 Å². The van der Waals surface area contributed by atoms with E-state index < -0.39 is 17.6 Å². The molecule has 0 aliphatic carbocycles. The molecule has 0 radical (unpaired) electrons. The molecule has 0 aliphatic rings. The summed E-state index contributed by atoms with van der Waals surface area (Å²) < 4.78 is 39.3. The van der Waals surface area contributed by atoms with Crippen molar-refractivity contribution in [3.8, 4) is 0 Å². The molecule has 1 amide bonds. The van der Waals surface area contributed by atoms with E-state index in [1.807, 2.05) is 6.92 Å². The van der Waals surface area contributed by atoms with Crippen molar-refractivity contribution in [2.75, 3.05) is 19.6 Å². The molecule has 3 N–H and O–H groups in total. The van der Waals surface area contributed by atoms with E-state index in [1.54, 1.807) is 11.7 Å². The molecular weight excluding hydrogens is 502 g/mol. The van der Waals surface area contributed by atoms with Crippen LogP contribution in [0.1, 0.15) is 28.7 Å². The Morgan fingerprint density at radius 1 is 1.14 bits per heavy atom. The fourth-order valence-electron chi connectivity index (χ4n) is 2.22. The molecule has 2 aromatic rings. The third-order valence-corrected chi connectivity index (χ3v) is 3.71. The first-order valence-corrected chi connectivity index (χ1v) is 8.61. The number of alkyl halides is 3. The standard InChI is InChI=1S/C17H22F3N7O.HI/c1-3-21-16(24-10-14-25-11-26-27(14)2)23-9-8-22-15(28)12-4-6-13(7-5-12)17(18,19)20;/h4-7,11H,3,8-10H2,1-2H3,(H,22,28)(H2,21,23,24);1H. The van der Waals surface area contributed by atoms with Crippen LogP contribution < -0.4 is 16.0 Å². The quantitative estimate of drug-likeness (QED) is 0.222. The molecule has 1 aromatic carbocycles. The average Bonchev–Trinajstić information content (AvgIpc) is 3.07. The first-order chi connectivity index (χ1) is 13.3.